The first-order valence-electron chi connectivity index (χ1n) is 7.40. The Labute approximate surface area is 145 Å². The number of hydrogen-bond donors (Lipinski definition) is 4. The third kappa shape index (κ3) is 5.64. The summed E-state index contributed by atoms with van der Waals surface area (Å²) in [6.07, 6.45) is 0. The van der Waals surface area contributed by atoms with Crippen LogP contribution in [0, 0.1) is 5.82 Å². The topological polar surface area (TPSA) is 70.7 Å². The van der Waals surface area contributed by atoms with Gasteiger partial charge in [-0.15, -0.1) is 0 Å². The average molecular weight is 351 g/mol. The SMILES string of the molecule is C[NH+](C)Cc1ccc(C(=O)NNC(=S)NCc2ccc(F)cc2)o1. The Bertz CT molecular complexity index is 700. The number of rotatable bonds is 5. The van der Waals surface area contributed by atoms with Crippen molar-refractivity contribution in [3.05, 3.63) is 59.3 Å². The van der Waals surface area contributed by atoms with E-state index in [1.807, 2.05) is 14.1 Å². The molecule has 0 unspecified atom stereocenters. The summed E-state index contributed by atoms with van der Waals surface area (Å²) >= 11 is 5.06. The molecule has 0 saturated heterocycles. The maximum absolute atomic E-state index is 12.8. The predicted octanol–water partition coefficient (Wildman–Crippen LogP) is 0.372. The lowest BCUT2D eigenvalue weighted by atomic mass is 10.2. The first-order chi connectivity index (χ1) is 11.4. The number of nitrogens with one attached hydrogen (secondary N) is 4. The minimum atomic E-state index is -0.416. The Morgan fingerprint density at radius 2 is 1.88 bits per heavy atom. The molecule has 6 nitrogen and oxygen atoms in total. The Hall–Kier alpha value is -2.45. The Kier molecular flexibility index (Phi) is 6.28. The van der Waals surface area contributed by atoms with Gasteiger partial charge in [0.25, 0.3) is 0 Å². The second-order valence-electron chi connectivity index (χ2n) is 5.54. The monoisotopic (exact) mass is 351 g/mol. The Morgan fingerprint density at radius 3 is 2.54 bits per heavy atom. The first kappa shape index (κ1) is 17.9. The average Bonchev–Trinajstić information content (AvgIpc) is 3.00. The summed E-state index contributed by atoms with van der Waals surface area (Å²) in [5.41, 5.74) is 5.92. The molecule has 0 radical (unpaired) electrons. The molecule has 4 N–H and O–H groups in total. The molecule has 0 saturated carbocycles. The van der Waals surface area contributed by atoms with Gasteiger partial charge in [-0.25, -0.2) is 4.39 Å². The quantitative estimate of drug-likeness (QED) is 0.463. The van der Waals surface area contributed by atoms with Crippen LogP contribution in [0.2, 0.25) is 0 Å². The molecule has 1 amide bonds. The van der Waals surface area contributed by atoms with Crippen LogP contribution in [0.1, 0.15) is 21.9 Å². The van der Waals surface area contributed by atoms with Gasteiger partial charge in [0, 0.05) is 6.54 Å². The fourth-order valence-corrected chi connectivity index (χ4v) is 2.07. The first-order valence-corrected chi connectivity index (χ1v) is 7.81. The molecule has 2 rings (SSSR count). The number of carbonyl (C=O) groups excluding carboxylic acids is 1. The highest BCUT2D eigenvalue weighted by Gasteiger charge is 2.12. The number of halogens is 1. The highest BCUT2D eigenvalue weighted by molar-refractivity contribution is 7.80. The van der Waals surface area contributed by atoms with Crippen molar-refractivity contribution >= 4 is 23.2 Å². The van der Waals surface area contributed by atoms with E-state index in [4.69, 9.17) is 16.6 Å². The summed E-state index contributed by atoms with van der Waals surface area (Å²) in [7, 11) is 3.99. The van der Waals surface area contributed by atoms with E-state index in [0.717, 1.165) is 11.3 Å². The van der Waals surface area contributed by atoms with Crippen molar-refractivity contribution in [2.45, 2.75) is 13.1 Å². The van der Waals surface area contributed by atoms with Crippen LogP contribution in [0.25, 0.3) is 0 Å². The molecule has 1 aromatic heterocycles. The Morgan fingerprint density at radius 1 is 1.17 bits per heavy atom. The van der Waals surface area contributed by atoms with Crippen molar-refractivity contribution in [1.82, 2.24) is 16.2 Å². The highest BCUT2D eigenvalue weighted by atomic mass is 32.1. The van der Waals surface area contributed by atoms with Gasteiger partial charge in [-0.3, -0.25) is 15.6 Å². The molecule has 0 aliphatic carbocycles. The number of amides is 1. The number of thiocarbonyl (C=S) groups is 1. The fraction of sp³-hybridized carbons (Fsp3) is 0.250. The maximum atomic E-state index is 12.8. The predicted molar refractivity (Wildman–Crippen MR) is 91.7 cm³/mol. The molecule has 0 atom stereocenters. The second kappa shape index (κ2) is 8.42. The van der Waals surface area contributed by atoms with Gasteiger partial charge in [0.2, 0.25) is 0 Å². The highest BCUT2D eigenvalue weighted by Crippen LogP contribution is 2.06. The van der Waals surface area contributed by atoms with Crippen LogP contribution in [0.4, 0.5) is 4.39 Å². The molecule has 8 heteroatoms. The summed E-state index contributed by atoms with van der Waals surface area (Å²) < 4.78 is 18.3. The molecule has 1 aromatic carbocycles. The molecular weight excluding hydrogens is 331 g/mol. The van der Waals surface area contributed by atoms with E-state index >= 15 is 0 Å². The third-order valence-corrected chi connectivity index (χ3v) is 3.32. The van der Waals surface area contributed by atoms with Crippen LogP contribution in [0.15, 0.2) is 40.8 Å². The van der Waals surface area contributed by atoms with Gasteiger partial charge in [0.05, 0.1) is 14.1 Å². The van der Waals surface area contributed by atoms with Crippen molar-refractivity contribution in [2.75, 3.05) is 14.1 Å². The summed E-state index contributed by atoms with van der Waals surface area (Å²) in [5.74, 6) is 0.235. The summed E-state index contributed by atoms with van der Waals surface area (Å²) in [4.78, 5) is 13.2. The fourth-order valence-electron chi connectivity index (χ4n) is 1.95. The smallest absolute Gasteiger partial charge is 0.305 e. The van der Waals surface area contributed by atoms with Crippen LogP contribution in [-0.2, 0) is 13.1 Å². The van der Waals surface area contributed by atoms with Gasteiger partial charge in [-0.1, -0.05) is 12.1 Å². The largest absolute Gasteiger partial charge is 0.450 e. The van der Waals surface area contributed by atoms with E-state index < -0.39 is 5.91 Å². The van der Waals surface area contributed by atoms with E-state index in [1.54, 1.807) is 24.3 Å². The van der Waals surface area contributed by atoms with E-state index in [9.17, 15) is 9.18 Å². The van der Waals surface area contributed by atoms with E-state index in [1.165, 1.54) is 17.0 Å². The van der Waals surface area contributed by atoms with Gasteiger partial charge in [0.1, 0.15) is 12.4 Å². The lowest BCUT2D eigenvalue weighted by Gasteiger charge is -2.11. The molecule has 0 aliphatic rings. The third-order valence-electron chi connectivity index (χ3n) is 3.07. The zero-order chi connectivity index (χ0) is 17.5. The summed E-state index contributed by atoms with van der Waals surface area (Å²) in [6, 6.07) is 9.44. The zero-order valence-corrected chi connectivity index (χ0v) is 14.3. The molecule has 2 aromatic rings. The number of carbonyl (C=O) groups is 1. The standard InChI is InChI=1S/C16H19FN4O2S/c1-21(2)10-13-7-8-14(23-13)15(22)19-20-16(24)18-9-11-3-5-12(17)6-4-11/h3-8H,9-10H2,1-2H3,(H,19,22)(H2,18,20,24)/p+1. The lowest BCUT2D eigenvalue weighted by Crippen LogP contribution is -3.04. The molecule has 1 heterocycles. The van der Waals surface area contributed by atoms with Crippen LogP contribution in [0.5, 0.6) is 0 Å². The Balaban J connectivity index is 1.75. The van der Waals surface area contributed by atoms with E-state index in [-0.39, 0.29) is 16.7 Å². The van der Waals surface area contributed by atoms with Gasteiger partial charge >= 0.3 is 5.91 Å². The minimum absolute atomic E-state index is 0.208. The molecular formula is C16H20FN4O2S+. The maximum Gasteiger partial charge on any atom is 0.305 e. The number of hydrogen-bond acceptors (Lipinski definition) is 3. The van der Waals surface area contributed by atoms with Crippen molar-refractivity contribution < 1.29 is 18.5 Å². The van der Waals surface area contributed by atoms with Gasteiger partial charge in [-0.05, 0) is 42.0 Å². The molecule has 0 fully saturated rings. The van der Waals surface area contributed by atoms with Crippen molar-refractivity contribution in [2.24, 2.45) is 0 Å². The number of benzene rings is 1. The summed E-state index contributed by atoms with van der Waals surface area (Å²) in [6.45, 7) is 1.11. The van der Waals surface area contributed by atoms with Gasteiger partial charge < -0.3 is 14.6 Å². The molecule has 0 spiro atoms. The normalized spacial score (nSPS) is 10.5. The van der Waals surface area contributed by atoms with Crippen molar-refractivity contribution in [1.29, 1.82) is 0 Å². The van der Waals surface area contributed by atoms with Crippen molar-refractivity contribution in [3.63, 3.8) is 0 Å². The minimum Gasteiger partial charge on any atom is -0.450 e. The van der Waals surface area contributed by atoms with E-state index in [0.29, 0.717) is 13.1 Å². The molecule has 0 bridgehead atoms. The van der Waals surface area contributed by atoms with Gasteiger partial charge in [-0.2, -0.15) is 0 Å². The molecule has 0 aliphatic heterocycles. The lowest BCUT2D eigenvalue weighted by molar-refractivity contribution is -0.873. The van der Waals surface area contributed by atoms with E-state index in [2.05, 4.69) is 16.2 Å². The van der Waals surface area contributed by atoms with Crippen molar-refractivity contribution in [3.8, 4) is 0 Å². The second-order valence-corrected chi connectivity index (χ2v) is 5.95. The number of furan rings is 1. The summed E-state index contributed by atoms with van der Waals surface area (Å²) in [5, 5.41) is 3.15. The van der Waals surface area contributed by atoms with Crippen LogP contribution >= 0.6 is 12.2 Å². The van der Waals surface area contributed by atoms with Crippen LogP contribution in [0.3, 0.4) is 0 Å². The molecule has 24 heavy (non-hydrogen) atoms. The van der Waals surface area contributed by atoms with Crippen LogP contribution < -0.4 is 21.1 Å². The molecule has 128 valence electrons. The van der Waals surface area contributed by atoms with Crippen LogP contribution in [-0.4, -0.2) is 25.1 Å². The number of quaternary nitrogens is 1. The zero-order valence-electron chi connectivity index (χ0n) is 13.5. The van der Waals surface area contributed by atoms with Gasteiger partial charge in [0.15, 0.2) is 16.6 Å². The number of hydrazine groups is 1.